The molecule has 1 unspecified atom stereocenters. The first kappa shape index (κ1) is 9.33. The standard InChI is InChI=1S/C9H12FN3O/c10-7-4-11-9(12-5-7)13-3-1-2-8(13)6-14/h4-5,8,14H,1-3,6H2. The fourth-order valence-electron chi connectivity index (χ4n) is 1.74. The molecule has 1 aromatic heterocycles. The van der Waals surface area contributed by atoms with Crippen molar-refractivity contribution in [3.63, 3.8) is 0 Å². The van der Waals surface area contributed by atoms with Crippen LogP contribution >= 0.6 is 0 Å². The Morgan fingerprint density at radius 1 is 1.50 bits per heavy atom. The summed E-state index contributed by atoms with van der Waals surface area (Å²) in [7, 11) is 0. The zero-order valence-electron chi connectivity index (χ0n) is 7.73. The number of hydrogen-bond acceptors (Lipinski definition) is 4. The fraction of sp³-hybridized carbons (Fsp3) is 0.556. The van der Waals surface area contributed by atoms with Gasteiger partial charge in [0, 0.05) is 6.54 Å². The van der Waals surface area contributed by atoms with Crippen molar-refractivity contribution in [2.75, 3.05) is 18.1 Å². The topological polar surface area (TPSA) is 49.2 Å². The molecule has 4 nitrogen and oxygen atoms in total. The summed E-state index contributed by atoms with van der Waals surface area (Å²) in [5.74, 6) is 0.0662. The minimum Gasteiger partial charge on any atom is -0.394 e. The van der Waals surface area contributed by atoms with Gasteiger partial charge in [-0.15, -0.1) is 0 Å². The van der Waals surface area contributed by atoms with E-state index >= 15 is 0 Å². The molecule has 1 saturated heterocycles. The molecule has 1 N–H and O–H groups in total. The maximum Gasteiger partial charge on any atom is 0.225 e. The van der Waals surface area contributed by atoms with Crippen LogP contribution in [-0.4, -0.2) is 34.3 Å². The third kappa shape index (κ3) is 1.68. The molecular weight excluding hydrogens is 185 g/mol. The van der Waals surface area contributed by atoms with Gasteiger partial charge in [-0.25, -0.2) is 14.4 Å². The number of halogens is 1. The van der Waals surface area contributed by atoms with Crippen molar-refractivity contribution in [3.05, 3.63) is 18.2 Å². The molecule has 5 heteroatoms. The molecule has 0 saturated carbocycles. The predicted octanol–water partition coefficient (Wildman–Crippen LogP) is 0.577. The molecule has 0 aliphatic carbocycles. The Balaban J connectivity index is 2.17. The normalized spacial score (nSPS) is 21.6. The van der Waals surface area contributed by atoms with E-state index in [-0.39, 0.29) is 12.6 Å². The minimum atomic E-state index is -0.437. The second-order valence-corrected chi connectivity index (χ2v) is 3.37. The van der Waals surface area contributed by atoms with Gasteiger partial charge in [0.05, 0.1) is 25.0 Å². The first-order valence-corrected chi connectivity index (χ1v) is 4.66. The van der Waals surface area contributed by atoms with Crippen molar-refractivity contribution in [2.24, 2.45) is 0 Å². The Morgan fingerprint density at radius 2 is 2.21 bits per heavy atom. The molecule has 76 valence electrons. The Kier molecular flexibility index (Phi) is 2.58. The van der Waals surface area contributed by atoms with Gasteiger partial charge in [0.2, 0.25) is 5.95 Å². The SMILES string of the molecule is OCC1CCCN1c1ncc(F)cn1. The first-order valence-electron chi connectivity index (χ1n) is 4.66. The Labute approximate surface area is 81.4 Å². The van der Waals surface area contributed by atoms with Crippen LogP contribution in [0.3, 0.4) is 0 Å². The lowest BCUT2D eigenvalue weighted by Gasteiger charge is -2.22. The summed E-state index contributed by atoms with van der Waals surface area (Å²) >= 11 is 0. The highest BCUT2D eigenvalue weighted by atomic mass is 19.1. The number of anilines is 1. The number of hydrogen-bond donors (Lipinski definition) is 1. The number of aliphatic hydroxyl groups excluding tert-OH is 1. The van der Waals surface area contributed by atoms with Gasteiger partial charge in [0.1, 0.15) is 0 Å². The van der Waals surface area contributed by atoms with Crippen LogP contribution in [0.1, 0.15) is 12.8 Å². The fourth-order valence-corrected chi connectivity index (χ4v) is 1.74. The Bertz CT molecular complexity index is 303. The Morgan fingerprint density at radius 3 is 2.86 bits per heavy atom. The van der Waals surface area contributed by atoms with Gasteiger partial charge in [-0.05, 0) is 12.8 Å². The van der Waals surface area contributed by atoms with E-state index in [1.165, 1.54) is 0 Å². The van der Waals surface area contributed by atoms with Gasteiger partial charge in [-0.1, -0.05) is 0 Å². The second-order valence-electron chi connectivity index (χ2n) is 3.37. The highest BCUT2D eigenvalue weighted by Gasteiger charge is 2.25. The highest BCUT2D eigenvalue weighted by Crippen LogP contribution is 2.21. The van der Waals surface area contributed by atoms with E-state index in [1.807, 2.05) is 4.90 Å². The molecular formula is C9H12FN3O. The lowest BCUT2D eigenvalue weighted by molar-refractivity contribution is 0.265. The average molecular weight is 197 g/mol. The monoisotopic (exact) mass is 197 g/mol. The van der Waals surface area contributed by atoms with Crippen LogP contribution < -0.4 is 4.90 Å². The summed E-state index contributed by atoms with van der Waals surface area (Å²) in [4.78, 5) is 9.69. The third-order valence-corrected chi connectivity index (χ3v) is 2.45. The van der Waals surface area contributed by atoms with Gasteiger partial charge < -0.3 is 10.0 Å². The van der Waals surface area contributed by atoms with E-state index in [0.29, 0.717) is 5.95 Å². The van der Waals surface area contributed by atoms with Crippen LogP contribution in [0, 0.1) is 5.82 Å². The first-order chi connectivity index (χ1) is 6.81. The predicted molar refractivity (Wildman–Crippen MR) is 49.4 cm³/mol. The molecule has 0 bridgehead atoms. The zero-order valence-corrected chi connectivity index (χ0v) is 7.73. The summed E-state index contributed by atoms with van der Waals surface area (Å²) in [5.41, 5.74) is 0. The van der Waals surface area contributed by atoms with Crippen molar-refractivity contribution in [1.82, 2.24) is 9.97 Å². The van der Waals surface area contributed by atoms with Crippen LogP contribution in [0.15, 0.2) is 12.4 Å². The molecule has 1 aliphatic rings. The number of nitrogens with zero attached hydrogens (tertiary/aromatic N) is 3. The van der Waals surface area contributed by atoms with E-state index in [2.05, 4.69) is 9.97 Å². The van der Waals surface area contributed by atoms with Crippen LogP contribution in [0.5, 0.6) is 0 Å². The van der Waals surface area contributed by atoms with Crippen molar-refractivity contribution in [1.29, 1.82) is 0 Å². The molecule has 1 aliphatic heterocycles. The molecule has 0 aromatic carbocycles. The van der Waals surface area contributed by atoms with E-state index < -0.39 is 5.82 Å². The van der Waals surface area contributed by atoms with Crippen LogP contribution in [0.4, 0.5) is 10.3 Å². The molecule has 14 heavy (non-hydrogen) atoms. The highest BCUT2D eigenvalue weighted by molar-refractivity contribution is 5.32. The zero-order chi connectivity index (χ0) is 9.97. The summed E-state index contributed by atoms with van der Waals surface area (Å²) in [5, 5.41) is 9.08. The van der Waals surface area contributed by atoms with Gasteiger partial charge >= 0.3 is 0 Å². The quantitative estimate of drug-likeness (QED) is 0.753. The molecule has 0 spiro atoms. The molecule has 2 rings (SSSR count). The van der Waals surface area contributed by atoms with E-state index in [9.17, 15) is 4.39 Å². The van der Waals surface area contributed by atoms with Crippen LogP contribution in [0.25, 0.3) is 0 Å². The van der Waals surface area contributed by atoms with Crippen molar-refractivity contribution in [3.8, 4) is 0 Å². The van der Waals surface area contributed by atoms with Crippen molar-refractivity contribution >= 4 is 5.95 Å². The van der Waals surface area contributed by atoms with Gasteiger partial charge in [-0.3, -0.25) is 0 Å². The second kappa shape index (κ2) is 3.88. The van der Waals surface area contributed by atoms with Gasteiger partial charge in [0.25, 0.3) is 0 Å². The molecule has 1 fully saturated rings. The summed E-state index contributed by atoms with van der Waals surface area (Å²) < 4.78 is 12.6. The minimum absolute atomic E-state index is 0.0838. The lowest BCUT2D eigenvalue weighted by Crippen LogP contribution is -2.33. The van der Waals surface area contributed by atoms with E-state index in [4.69, 9.17) is 5.11 Å². The van der Waals surface area contributed by atoms with Crippen LogP contribution in [0.2, 0.25) is 0 Å². The lowest BCUT2D eigenvalue weighted by atomic mass is 10.2. The number of aromatic nitrogens is 2. The van der Waals surface area contributed by atoms with Crippen molar-refractivity contribution < 1.29 is 9.50 Å². The van der Waals surface area contributed by atoms with Gasteiger partial charge in [-0.2, -0.15) is 0 Å². The average Bonchev–Trinajstić information content (AvgIpc) is 2.67. The summed E-state index contributed by atoms with van der Waals surface area (Å²) in [6.45, 7) is 0.928. The number of aliphatic hydroxyl groups is 1. The summed E-state index contributed by atoms with van der Waals surface area (Å²) in [6, 6.07) is 0.0838. The smallest absolute Gasteiger partial charge is 0.225 e. The van der Waals surface area contributed by atoms with E-state index in [0.717, 1.165) is 31.8 Å². The van der Waals surface area contributed by atoms with E-state index in [1.54, 1.807) is 0 Å². The molecule has 2 heterocycles. The molecule has 1 aromatic rings. The maximum absolute atomic E-state index is 12.6. The largest absolute Gasteiger partial charge is 0.394 e. The maximum atomic E-state index is 12.6. The van der Waals surface area contributed by atoms with Gasteiger partial charge in [0.15, 0.2) is 5.82 Å². The van der Waals surface area contributed by atoms with Crippen LogP contribution in [-0.2, 0) is 0 Å². The van der Waals surface area contributed by atoms with Crippen molar-refractivity contribution in [2.45, 2.75) is 18.9 Å². The Hall–Kier alpha value is -1.23. The molecule has 0 amide bonds. The molecule has 1 atom stereocenters. The molecule has 0 radical (unpaired) electrons. The number of rotatable bonds is 2. The summed E-state index contributed by atoms with van der Waals surface area (Å²) in [6.07, 6.45) is 4.26. The third-order valence-electron chi connectivity index (χ3n) is 2.45.